The van der Waals surface area contributed by atoms with Crippen LogP contribution in [0.25, 0.3) is 6.08 Å². The summed E-state index contributed by atoms with van der Waals surface area (Å²) >= 11 is 6.15. The van der Waals surface area contributed by atoms with Gasteiger partial charge in [0, 0.05) is 13.1 Å². The number of benzene rings is 2. The molecule has 0 heterocycles. The zero-order valence-electron chi connectivity index (χ0n) is 14.6. The first-order valence-corrected chi connectivity index (χ1v) is 8.09. The quantitative estimate of drug-likeness (QED) is 0.760. The molecule has 0 saturated carbocycles. The molecule has 2 aromatic carbocycles. The lowest BCUT2D eigenvalue weighted by Gasteiger charge is -2.10. The smallest absolute Gasteiger partial charge is 0.253 e. The average Bonchev–Trinajstić information content (AvgIpc) is 2.65. The average molecular weight is 375 g/mol. The van der Waals surface area contributed by atoms with Crippen molar-refractivity contribution in [1.29, 1.82) is 0 Å². The Morgan fingerprint density at radius 2 is 1.85 bits per heavy atom. The van der Waals surface area contributed by atoms with Crippen LogP contribution in [0.5, 0.6) is 11.5 Å². The number of carbonyl (C=O) groups is 2. The fourth-order valence-corrected chi connectivity index (χ4v) is 2.60. The zero-order valence-corrected chi connectivity index (χ0v) is 15.4. The molecule has 0 bridgehead atoms. The normalized spacial score (nSPS) is 10.5. The maximum Gasteiger partial charge on any atom is 0.253 e. The number of amides is 2. The summed E-state index contributed by atoms with van der Waals surface area (Å²) in [5, 5.41) is 5.59. The van der Waals surface area contributed by atoms with Gasteiger partial charge in [-0.25, -0.2) is 0 Å². The molecule has 0 unspecified atom stereocenters. The van der Waals surface area contributed by atoms with E-state index in [-0.39, 0.29) is 11.8 Å². The predicted molar refractivity (Wildman–Crippen MR) is 102 cm³/mol. The SMILES string of the molecule is CNC(=O)c1ccccc1NC(=O)/C=C/c1cc(Cl)c(OC)c(OC)c1. The van der Waals surface area contributed by atoms with Gasteiger partial charge in [-0.2, -0.15) is 0 Å². The molecular weight excluding hydrogens is 356 g/mol. The summed E-state index contributed by atoms with van der Waals surface area (Å²) in [6.07, 6.45) is 2.93. The minimum atomic E-state index is -0.382. The molecule has 0 aliphatic rings. The van der Waals surface area contributed by atoms with Crippen LogP contribution in [-0.4, -0.2) is 33.1 Å². The minimum absolute atomic E-state index is 0.281. The zero-order chi connectivity index (χ0) is 19.1. The van der Waals surface area contributed by atoms with Crippen LogP contribution in [0.15, 0.2) is 42.5 Å². The van der Waals surface area contributed by atoms with E-state index >= 15 is 0 Å². The van der Waals surface area contributed by atoms with Crippen LogP contribution < -0.4 is 20.1 Å². The van der Waals surface area contributed by atoms with Crippen molar-refractivity contribution in [1.82, 2.24) is 5.32 Å². The van der Waals surface area contributed by atoms with Crippen molar-refractivity contribution in [3.8, 4) is 11.5 Å². The molecule has 6 nitrogen and oxygen atoms in total. The molecule has 0 spiro atoms. The Bertz CT molecular complexity index is 849. The molecule has 136 valence electrons. The van der Waals surface area contributed by atoms with Gasteiger partial charge in [0.1, 0.15) is 0 Å². The van der Waals surface area contributed by atoms with Crippen LogP contribution in [0.2, 0.25) is 5.02 Å². The van der Waals surface area contributed by atoms with E-state index in [1.807, 2.05) is 0 Å². The maximum absolute atomic E-state index is 12.2. The number of halogens is 1. The van der Waals surface area contributed by atoms with Crippen molar-refractivity contribution in [2.24, 2.45) is 0 Å². The van der Waals surface area contributed by atoms with E-state index in [1.54, 1.807) is 42.5 Å². The summed E-state index contributed by atoms with van der Waals surface area (Å²) in [5.74, 6) is 0.226. The first kappa shape index (κ1) is 19.3. The second kappa shape index (κ2) is 8.92. The number of carbonyl (C=O) groups excluding carboxylic acids is 2. The number of methoxy groups -OCH3 is 2. The summed E-state index contributed by atoms with van der Waals surface area (Å²) < 4.78 is 10.4. The number of rotatable bonds is 6. The molecule has 0 aliphatic heterocycles. The molecule has 2 amide bonds. The van der Waals surface area contributed by atoms with Gasteiger partial charge in [0.25, 0.3) is 5.91 Å². The molecule has 2 rings (SSSR count). The molecule has 26 heavy (non-hydrogen) atoms. The highest BCUT2D eigenvalue weighted by molar-refractivity contribution is 6.32. The third kappa shape index (κ3) is 4.55. The highest BCUT2D eigenvalue weighted by atomic mass is 35.5. The standard InChI is InChI=1S/C19H19ClN2O4/c1-21-19(24)13-6-4-5-7-15(13)22-17(23)9-8-12-10-14(20)18(26-3)16(11-12)25-2/h4-11H,1-3H3,(H,21,24)(H,22,23)/b9-8+. The summed E-state index contributed by atoms with van der Waals surface area (Å²) in [7, 11) is 4.53. The molecule has 0 atom stereocenters. The lowest BCUT2D eigenvalue weighted by molar-refractivity contribution is -0.111. The van der Waals surface area contributed by atoms with Crippen molar-refractivity contribution < 1.29 is 19.1 Å². The Hall–Kier alpha value is -2.99. The van der Waals surface area contributed by atoms with Crippen LogP contribution in [-0.2, 0) is 4.79 Å². The summed E-state index contributed by atoms with van der Waals surface area (Å²) in [5.41, 5.74) is 1.47. The van der Waals surface area contributed by atoms with Gasteiger partial charge >= 0.3 is 0 Å². The Kier molecular flexibility index (Phi) is 6.63. The number of hydrogen-bond donors (Lipinski definition) is 2. The Balaban J connectivity index is 2.19. The molecule has 0 saturated heterocycles. The highest BCUT2D eigenvalue weighted by Gasteiger charge is 2.11. The van der Waals surface area contributed by atoms with E-state index in [9.17, 15) is 9.59 Å². The van der Waals surface area contributed by atoms with Crippen molar-refractivity contribution in [3.63, 3.8) is 0 Å². The van der Waals surface area contributed by atoms with Crippen molar-refractivity contribution in [3.05, 3.63) is 58.6 Å². The van der Waals surface area contributed by atoms with Gasteiger partial charge in [-0.3, -0.25) is 9.59 Å². The molecule has 7 heteroatoms. The third-order valence-electron chi connectivity index (χ3n) is 3.54. The molecule has 2 aromatic rings. The first-order valence-electron chi connectivity index (χ1n) is 7.71. The van der Waals surface area contributed by atoms with Crippen molar-refractivity contribution in [2.75, 3.05) is 26.6 Å². The van der Waals surface area contributed by atoms with E-state index in [4.69, 9.17) is 21.1 Å². The molecule has 2 N–H and O–H groups in total. The minimum Gasteiger partial charge on any atom is -0.493 e. The molecule has 0 radical (unpaired) electrons. The van der Waals surface area contributed by atoms with Crippen LogP contribution >= 0.6 is 11.6 Å². The number of nitrogens with one attached hydrogen (secondary N) is 2. The summed E-state index contributed by atoms with van der Waals surface area (Å²) in [4.78, 5) is 24.0. The fraction of sp³-hybridized carbons (Fsp3) is 0.158. The van der Waals surface area contributed by atoms with Gasteiger partial charge < -0.3 is 20.1 Å². The third-order valence-corrected chi connectivity index (χ3v) is 3.82. The Labute approximate surface area is 156 Å². The summed E-state index contributed by atoms with van der Waals surface area (Å²) in [6, 6.07) is 10.1. The van der Waals surface area contributed by atoms with Crippen molar-refractivity contribution in [2.45, 2.75) is 0 Å². The Morgan fingerprint density at radius 3 is 2.50 bits per heavy atom. The molecule has 0 aliphatic carbocycles. The van der Waals surface area contributed by atoms with Gasteiger partial charge in [-0.1, -0.05) is 23.7 Å². The fourth-order valence-electron chi connectivity index (χ4n) is 2.31. The number of hydrogen-bond acceptors (Lipinski definition) is 4. The van der Waals surface area contributed by atoms with Gasteiger partial charge in [-0.15, -0.1) is 0 Å². The van der Waals surface area contributed by atoms with E-state index in [2.05, 4.69) is 10.6 Å². The van der Waals surface area contributed by atoms with Gasteiger partial charge in [0.05, 0.1) is 30.5 Å². The topological polar surface area (TPSA) is 76.7 Å². The predicted octanol–water partition coefficient (Wildman–Crippen LogP) is 3.37. The van der Waals surface area contributed by atoms with Gasteiger partial charge in [-0.05, 0) is 35.9 Å². The van der Waals surface area contributed by atoms with E-state index in [0.29, 0.717) is 33.3 Å². The maximum atomic E-state index is 12.2. The molecule has 0 fully saturated rings. The highest BCUT2D eigenvalue weighted by Crippen LogP contribution is 2.36. The van der Waals surface area contributed by atoms with Crippen LogP contribution in [0, 0.1) is 0 Å². The number of ether oxygens (including phenoxy) is 2. The number of anilines is 1. The van der Waals surface area contributed by atoms with Crippen LogP contribution in [0.3, 0.4) is 0 Å². The second-order valence-electron chi connectivity index (χ2n) is 5.19. The lowest BCUT2D eigenvalue weighted by atomic mass is 10.1. The number of para-hydroxylation sites is 1. The first-order chi connectivity index (χ1) is 12.5. The lowest BCUT2D eigenvalue weighted by Crippen LogP contribution is -2.20. The van der Waals surface area contributed by atoms with E-state index < -0.39 is 0 Å². The van der Waals surface area contributed by atoms with E-state index in [0.717, 1.165) is 0 Å². The van der Waals surface area contributed by atoms with Crippen molar-refractivity contribution >= 4 is 35.2 Å². The van der Waals surface area contributed by atoms with Gasteiger partial charge in [0.2, 0.25) is 5.91 Å². The van der Waals surface area contributed by atoms with Crippen LogP contribution in [0.4, 0.5) is 5.69 Å². The largest absolute Gasteiger partial charge is 0.493 e. The monoisotopic (exact) mass is 374 g/mol. The van der Waals surface area contributed by atoms with Crippen LogP contribution in [0.1, 0.15) is 15.9 Å². The Morgan fingerprint density at radius 1 is 1.12 bits per heavy atom. The van der Waals surface area contributed by atoms with E-state index in [1.165, 1.54) is 27.3 Å². The molecule has 0 aromatic heterocycles. The summed E-state index contributed by atoms with van der Waals surface area (Å²) in [6.45, 7) is 0. The van der Waals surface area contributed by atoms with Gasteiger partial charge in [0.15, 0.2) is 11.5 Å². The molecular formula is C19H19ClN2O4. The second-order valence-corrected chi connectivity index (χ2v) is 5.59.